The van der Waals surface area contributed by atoms with E-state index in [-0.39, 0.29) is 18.4 Å². The minimum Gasteiger partial charge on any atom is -0.497 e. The lowest BCUT2D eigenvalue weighted by atomic mass is 10.1. The molecule has 0 aliphatic heterocycles. The number of hydrogen-bond donors (Lipinski definition) is 1. The molecule has 0 bridgehead atoms. The Hall–Kier alpha value is -2.38. The Bertz CT molecular complexity index is 845. The number of nitrogens with zero attached hydrogens (tertiary/aromatic N) is 1. The maximum Gasteiger partial charge on any atom is 0.341 e. The molecule has 6 nitrogen and oxygen atoms in total. The molecule has 0 radical (unpaired) electrons. The SMILES string of the molecule is CCOC(=O)c1c(NC(=O)CN(C)Cc2ccc(OC)cc2)sc2c1CCC2. The molecule has 0 spiro atoms. The molecule has 0 unspecified atom stereocenters. The topological polar surface area (TPSA) is 67.9 Å². The van der Waals surface area contributed by atoms with Crippen molar-refractivity contribution in [2.75, 3.05) is 32.6 Å². The summed E-state index contributed by atoms with van der Waals surface area (Å²) < 4.78 is 10.4. The summed E-state index contributed by atoms with van der Waals surface area (Å²) in [5.41, 5.74) is 2.69. The van der Waals surface area contributed by atoms with Gasteiger partial charge in [0.2, 0.25) is 5.91 Å². The molecule has 0 saturated carbocycles. The largest absolute Gasteiger partial charge is 0.497 e. The molecule has 0 saturated heterocycles. The molecule has 0 atom stereocenters. The highest BCUT2D eigenvalue weighted by Crippen LogP contribution is 2.39. The van der Waals surface area contributed by atoms with E-state index < -0.39 is 0 Å². The number of ether oxygens (including phenoxy) is 2. The van der Waals surface area contributed by atoms with Crippen LogP contribution in [0.1, 0.15) is 39.7 Å². The van der Waals surface area contributed by atoms with Gasteiger partial charge in [0.25, 0.3) is 0 Å². The fourth-order valence-electron chi connectivity index (χ4n) is 3.42. The number of amides is 1. The molecular weight excluding hydrogens is 376 g/mol. The van der Waals surface area contributed by atoms with E-state index >= 15 is 0 Å². The third kappa shape index (κ3) is 4.72. The molecule has 3 rings (SSSR count). The summed E-state index contributed by atoms with van der Waals surface area (Å²) in [5, 5.41) is 3.55. The number of methoxy groups -OCH3 is 1. The third-order valence-corrected chi connectivity index (χ3v) is 5.89. The Labute approximate surface area is 169 Å². The number of fused-ring (bicyclic) bond motifs is 1. The number of rotatable bonds is 8. The summed E-state index contributed by atoms with van der Waals surface area (Å²) >= 11 is 1.50. The highest BCUT2D eigenvalue weighted by atomic mass is 32.1. The number of aryl methyl sites for hydroxylation is 1. The fourth-order valence-corrected chi connectivity index (χ4v) is 4.71. The van der Waals surface area contributed by atoms with Crippen LogP contribution in [0.4, 0.5) is 5.00 Å². The van der Waals surface area contributed by atoms with E-state index in [0.717, 1.165) is 36.1 Å². The molecular formula is C21H26N2O4S. The van der Waals surface area contributed by atoms with Crippen molar-refractivity contribution in [1.82, 2.24) is 4.90 Å². The molecule has 1 N–H and O–H groups in total. The van der Waals surface area contributed by atoms with Gasteiger partial charge in [-0.2, -0.15) is 0 Å². The van der Waals surface area contributed by atoms with Gasteiger partial charge < -0.3 is 14.8 Å². The van der Waals surface area contributed by atoms with Crippen LogP contribution >= 0.6 is 11.3 Å². The zero-order valence-corrected chi connectivity index (χ0v) is 17.4. The predicted molar refractivity (Wildman–Crippen MR) is 110 cm³/mol. The second-order valence-corrected chi connectivity index (χ2v) is 7.96. The van der Waals surface area contributed by atoms with Gasteiger partial charge in [-0.1, -0.05) is 12.1 Å². The number of carbonyl (C=O) groups excluding carboxylic acids is 2. The molecule has 1 heterocycles. The Morgan fingerprint density at radius 2 is 1.96 bits per heavy atom. The smallest absolute Gasteiger partial charge is 0.341 e. The van der Waals surface area contributed by atoms with Gasteiger partial charge in [0.05, 0.1) is 25.8 Å². The van der Waals surface area contributed by atoms with Gasteiger partial charge in [-0.25, -0.2) is 4.79 Å². The van der Waals surface area contributed by atoms with Crippen molar-refractivity contribution in [3.63, 3.8) is 0 Å². The minimum atomic E-state index is -0.344. The van der Waals surface area contributed by atoms with Gasteiger partial charge in [0.15, 0.2) is 0 Å². The standard InChI is InChI=1S/C21H26N2O4S/c1-4-27-21(25)19-16-6-5-7-17(16)28-20(19)22-18(24)13-23(2)12-14-8-10-15(26-3)11-9-14/h8-11H,4-7,12-13H2,1-3H3,(H,22,24). The molecule has 1 aliphatic rings. The average Bonchev–Trinajstić information content (AvgIpc) is 3.22. The summed E-state index contributed by atoms with van der Waals surface area (Å²) in [6.07, 6.45) is 2.87. The normalized spacial score (nSPS) is 12.7. The maximum atomic E-state index is 12.6. The molecule has 1 amide bonds. The van der Waals surface area contributed by atoms with E-state index in [2.05, 4.69) is 5.32 Å². The van der Waals surface area contributed by atoms with Gasteiger partial charge >= 0.3 is 5.97 Å². The van der Waals surface area contributed by atoms with Gasteiger partial charge in [-0.3, -0.25) is 9.69 Å². The molecule has 2 aromatic rings. The maximum absolute atomic E-state index is 12.6. The Morgan fingerprint density at radius 3 is 2.64 bits per heavy atom. The summed E-state index contributed by atoms with van der Waals surface area (Å²) in [4.78, 5) is 28.1. The van der Waals surface area contributed by atoms with E-state index in [1.54, 1.807) is 14.0 Å². The number of hydrogen-bond acceptors (Lipinski definition) is 6. The summed E-state index contributed by atoms with van der Waals surface area (Å²) in [6, 6.07) is 7.77. The number of nitrogens with one attached hydrogen (secondary N) is 1. The number of likely N-dealkylation sites (N-methyl/N-ethyl adjacent to an activating group) is 1. The van der Waals surface area contributed by atoms with Crippen LogP contribution in [0, 0.1) is 0 Å². The van der Waals surface area contributed by atoms with E-state index in [0.29, 0.717) is 23.7 Å². The monoisotopic (exact) mass is 402 g/mol. The molecule has 0 fully saturated rings. The van der Waals surface area contributed by atoms with E-state index in [1.807, 2.05) is 36.2 Å². The summed E-state index contributed by atoms with van der Waals surface area (Å²) in [5.74, 6) is 0.326. The van der Waals surface area contributed by atoms with Gasteiger partial charge in [0, 0.05) is 11.4 Å². The molecule has 1 aliphatic carbocycles. The van der Waals surface area contributed by atoms with Crippen molar-refractivity contribution in [3.8, 4) is 5.75 Å². The van der Waals surface area contributed by atoms with Crippen LogP contribution in [0.15, 0.2) is 24.3 Å². The predicted octanol–water partition coefficient (Wildman–Crippen LogP) is 3.49. The number of esters is 1. The average molecular weight is 403 g/mol. The van der Waals surface area contributed by atoms with Crippen molar-refractivity contribution in [1.29, 1.82) is 0 Å². The Kier molecular flexibility index (Phi) is 6.70. The molecule has 7 heteroatoms. The van der Waals surface area contributed by atoms with Crippen molar-refractivity contribution in [2.45, 2.75) is 32.7 Å². The van der Waals surface area contributed by atoms with Crippen LogP contribution in [0.25, 0.3) is 0 Å². The van der Waals surface area contributed by atoms with E-state index in [1.165, 1.54) is 16.2 Å². The lowest BCUT2D eigenvalue weighted by Crippen LogP contribution is -2.30. The zero-order chi connectivity index (χ0) is 20.1. The van der Waals surface area contributed by atoms with Crippen molar-refractivity contribution in [2.24, 2.45) is 0 Å². The van der Waals surface area contributed by atoms with Crippen LogP contribution in [0.3, 0.4) is 0 Å². The van der Waals surface area contributed by atoms with Crippen LogP contribution in [0.2, 0.25) is 0 Å². The first kappa shape index (κ1) is 20.4. The zero-order valence-electron chi connectivity index (χ0n) is 16.5. The van der Waals surface area contributed by atoms with Crippen LogP contribution in [-0.4, -0.2) is 44.1 Å². The highest BCUT2D eigenvalue weighted by Gasteiger charge is 2.28. The van der Waals surface area contributed by atoms with Gasteiger partial charge in [-0.05, 0) is 56.5 Å². The number of carbonyl (C=O) groups is 2. The first-order valence-electron chi connectivity index (χ1n) is 9.44. The van der Waals surface area contributed by atoms with Gasteiger partial charge in [0.1, 0.15) is 10.8 Å². The number of anilines is 1. The lowest BCUT2D eigenvalue weighted by molar-refractivity contribution is -0.117. The Balaban J connectivity index is 1.63. The van der Waals surface area contributed by atoms with E-state index in [9.17, 15) is 9.59 Å². The third-order valence-electron chi connectivity index (χ3n) is 4.68. The first-order chi connectivity index (χ1) is 13.5. The van der Waals surface area contributed by atoms with Crippen molar-refractivity contribution in [3.05, 3.63) is 45.8 Å². The summed E-state index contributed by atoms with van der Waals surface area (Å²) in [7, 11) is 3.53. The quantitative estimate of drug-likeness (QED) is 0.685. The summed E-state index contributed by atoms with van der Waals surface area (Å²) in [6.45, 7) is 2.98. The van der Waals surface area contributed by atoms with Crippen LogP contribution < -0.4 is 10.1 Å². The molecule has 28 heavy (non-hydrogen) atoms. The molecule has 150 valence electrons. The van der Waals surface area contributed by atoms with Crippen LogP contribution in [-0.2, 0) is 28.9 Å². The fraction of sp³-hybridized carbons (Fsp3) is 0.429. The number of benzene rings is 1. The van der Waals surface area contributed by atoms with Crippen molar-refractivity contribution < 1.29 is 19.1 Å². The molecule has 1 aromatic heterocycles. The second-order valence-electron chi connectivity index (χ2n) is 6.85. The lowest BCUT2D eigenvalue weighted by Gasteiger charge is -2.16. The highest BCUT2D eigenvalue weighted by molar-refractivity contribution is 7.17. The van der Waals surface area contributed by atoms with Crippen LogP contribution in [0.5, 0.6) is 5.75 Å². The second kappa shape index (κ2) is 9.21. The molecule has 1 aromatic carbocycles. The van der Waals surface area contributed by atoms with Gasteiger partial charge in [-0.15, -0.1) is 11.3 Å². The van der Waals surface area contributed by atoms with E-state index in [4.69, 9.17) is 9.47 Å². The van der Waals surface area contributed by atoms with Crippen molar-refractivity contribution >= 4 is 28.2 Å². The minimum absolute atomic E-state index is 0.138. The number of thiophene rings is 1. The first-order valence-corrected chi connectivity index (χ1v) is 10.3. The Morgan fingerprint density at radius 1 is 1.21 bits per heavy atom.